The van der Waals surface area contributed by atoms with Gasteiger partial charge in [-0.3, -0.25) is 4.90 Å². The molecule has 0 amide bonds. The molecule has 2 N–H and O–H groups in total. The monoisotopic (exact) mass is 264 g/mol. The van der Waals surface area contributed by atoms with Crippen LogP contribution in [0.3, 0.4) is 0 Å². The first-order chi connectivity index (χ1) is 9.11. The summed E-state index contributed by atoms with van der Waals surface area (Å²) in [4.78, 5) is 2.41. The van der Waals surface area contributed by atoms with Crippen molar-refractivity contribution in [2.24, 2.45) is 5.73 Å². The van der Waals surface area contributed by atoms with E-state index in [1.807, 2.05) is 12.1 Å². The predicted molar refractivity (Wildman–Crippen MR) is 76.4 cm³/mol. The Kier molecular flexibility index (Phi) is 4.80. The Balaban J connectivity index is 2.23. The lowest BCUT2D eigenvalue weighted by atomic mass is 9.98. The van der Waals surface area contributed by atoms with Crippen LogP contribution in [-0.2, 0) is 4.74 Å². The van der Waals surface area contributed by atoms with Crippen LogP contribution < -0.4 is 10.5 Å². The minimum atomic E-state index is 0.0670. The SMILES string of the molecule is COc1cccc(C(C(C)N)N2CCOC(C)C2)c1. The summed E-state index contributed by atoms with van der Waals surface area (Å²) in [6.45, 7) is 6.78. The van der Waals surface area contributed by atoms with E-state index in [4.69, 9.17) is 15.2 Å². The molecule has 0 aliphatic carbocycles. The lowest BCUT2D eigenvalue weighted by molar-refractivity contribution is -0.0376. The van der Waals surface area contributed by atoms with E-state index < -0.39 is 0 Å². The standard InChI is InChI=1S/C15H24N2O2/c1-11-10-17(7-8-19-11)15(12(2)16)13-5-4-6-14(9-13)18-3/h4-6,9,11-12,15H,7-8,10,16H2,1-3H3. The molecule has 1 heterocycles. The van der Waals surface area contributed by atoms with Gasteiger partial charge in [-0.25, -0.2) is 0 Å². The highest BCUT2D eigenvalue weighted by atomic mass is 16.5. The fraction of sp³-hybridized carbons (Fsp3) is 0.600. The molecule has 0 aromatic heterocycles. The van der Waals surface area contributed by atoms with Crippen molar-refractivity contribution in [2.75, 3.05) is 26.8 Å². The second-order valence-corrected chi connectivity index (χ2v) is 5.26. The molecule has 106 valence electrons. The predicted octanol–water partition coefficient (Wildman–Crippen LogP) is 1.80. The Bertz CT molecular complexity index is 409. The van der Waals surface area contributed by atoms with Gasteiger partial charge in [0.2, 0.25) is 0 Å². The third kappa shape index (κ3) is 3.47. The summed E-state index contributed by atoms with van der Waals surface area (Å²) in [5, 5.41) is 0. The van der Waals surface area contributed by atoms with E-state index in [0.717, 1.165) is 25.4 Å². The molecule has 2 rings (SSSR count). The third-order valence-electron chi connectivity index (χ3n) is 3.60. The van der Waals surface area contributed by atoms with Gasteiger partial charge in [0.1, 0.15) is 5.75 Å². The van der Waals surface area contributed by atoms with Crippen LogP contribution in [-0.4, -0.2) is 43.9 Å². The summed E-state index contributed by atoms with van der Waals surface area (Å²) in [7, 11) is 1.69. The molecule has 1 saturated heterocycles. The number of hydrogen-bond donors (Lipinski definition) is 1. The fourth-order valence-corrected chi connectivity index (χ4v) is 2.77. The Morgan fingerprint density at radius 3 is 2.89 bits per heavy atom. The maximum Gasteiger partial charge on any atom is 0.119 e. The summed E-state index contributed by atoms with van der Waals surface area (Å²) >= 11 is 0. The number of methoxy groups -OCH3 is 1. The minimum Gasteiger partial charge on any atom is -0.497 e. The van der Waals surface area contributed by atoms with E-state index in [1.165, 1.54) is 5.56 Å². The second-order valence-electron chi connectivity index (χ2n) is 5.26. The molecule has 0 spiro atoms. The van der Waals surface area contributed by atoms with E-state index in [-0.39, 0.29) is 18.2 Å². The molecule has 1 aliphatic rings. The zero-order valence-corrected chi connectivity index (χ0v) is 12.0. The molecule has 3 atom stereocenters. The van der Waals surface area contributed by atoms with Crippen molar-refractivity contribution < 1.29 is 9.47 Å². The molecule has 1 fully saturated rings. The number of nitrogens with zero attached hydrogens (tertiary/aromatic N) is 1. The van der Waals surface area contributed by atoms with Crippen molar-refractivity contribution in [2.45, 2.75) is 32.0 Å². The summed E-state index contributed by atoms with van der Waals surface area (Å²) in [5.74, 6) is 0.879. The van der Waals surface area contributed by atoms with Crippen molar-refractivity contribution in [3.05, 3.63) is 29.8 Å². The maximum absolute atomic E-state index is 6.21. The molecule has 4 nitrogen and oxygen atoms in total. The molecular formula is C15H24N2O2. The van der Waals surface area contributed by atoms with Crippen LogP contribution in [0.4, 0.5) is 0 Å². The Morgan fingerprint density at radius 1 is 1.47 bits per heavy atom. The first kappa shape index (κ1) is 14.3. The molecular weight excluding hydrogens is 240 g/mol. The largest absolute Gasteiger partial charge is 0.497 e. The number of hydrogen-bond acceptors (Lipinski definition) is 4. The first-order valence-electron chi connectivity index (χ1n) is 6.87. The number of ether oxygens (including phenoxy) is 2. The van der Waals surface area contributed by atoms with Gasteiger partial charge in [-0.2, -0.15) is 0 Å². The molecule has 1 aromatic rings. The average Bonchev–Trinajstić information content (AvgIpc) is 2.39. The summed E-state index contributed by atoms with van der Waals surface area (Å²) in [6.07, 6.45) is 0.264. The normalized spacial score (nSPS) is 23.9. The van der Waals surface area contributed by atoms with Crippen LogP contribution in [0.25, 0.3) is 0 Å². The van der Waals surface area contributed by atoms with Crippen LogP contribution >= 0.6 is 0 Å². The highest BCUT2D eigenvalue weighted by molar-refractivity contribution is 5.31. The van der Waals surface area contributed by atoms with Crippen LogP contribution in [0.2, 0.25) is 0 Å². The van der Waals surface area contributed by atoms with Crippen molar-refractivity contribution in [3.8, 4) is 5.75 Å². The van der Waals surface area contributed by atoms with Gasteiger partial charge in [0, 0.05) is 25.2 Å². The Morgan fingerprint density at radius 2 is 2.26 bits per heavy atom. The van der Waals surface area contributed by atoms with Gasteiger partial charge >= 0.3 is 0 Å². The highest BCUT2D eigenvalue weighted by Gasteiger charge is 2.28. The van der Waals surface area contributed by atoms with Gasteiger partial charge in [-0.15, -0.1) is 0 Å². The van der Waals surface area contributed by atoms with Crippen LogP contribution in [0.5, 0.6) is 5.75 Å². The smallest absolute Gasteiger partial charge is 0.119 e. The third-order valence-corrected chi connectivity index (χ3v) is 3.60. The van der Waals surface area contributed by atoms with Gasteiger partial charge in [0.25, 0.3) is 0 Å². The number of rotatable bonds is 4. The fourth-order valence-electron chi connectivity index (χ4n) is 2.77. The number of nitrogens with two attached hydrogens (primary N) is 1. The summed E-state index contributed by atoms with van der Waals surface area (Å²) < 4.78 is 10.9. The van der Waals surface area contributed by atoms with Crippen LogP contribution in [0.15, 0.2) is 24.3 Å². The second kappa shape index (κ2) is 6.37. The van der Waals surface area contributed by atoms with E-state index in [2.05, 4.69) is 30.9 Å². The van der Waals surface area contributed by atoms with E-state index in [9.17, 15) is 0 Å². The van der Waals surface area contributed by atoms with E-state index in [0.29, 0.717) is 0 Å². The molecule has 0 bridgehead atoms. The molecule has 0 saturated carbocycles. The van der Waals surface area contributed by atoms with Crippen LogP contribution in [0, 0.1) is 0 Å². The Labute approximate surface area is 115 Å². The average molecular weight is 264 g/mol. The first-order valence-corrected chi connectivity index (χ1v) is 6.87. The molecule has 4 heteroatoms. The summed E-state index contributed by atoms with van der Waals surface area (Å²) in [6, 6.07) is 8.46. The van der Waals surface area contributed by atoms with Gasteiger partial charge < -0.3 is 15.2 Å². The lowest BCUT2D eigenvalue weighted by Crippen LogP contribution is -2.47. The molecule has 3 unspecified atom stereocenters. The number of morpholine rings is 1. The van der Waals surface area contributed by atoms with E-state index in [1.54, 1.807) is 7.11 Å². The van der Waals surface area contributed by atoms with E-state index >= 15 is 0 Å². The van der Waals surface area contributed by atoms with Gasteiger partial charge in [0.05, 0.1) is 19.8 Å². The van der Waals surface area contributed by atoms with Crippen LogP contribution in [0.1, 0.15) is 25.5 Å². The van der Waals surface area contributed by atoms with Crippen molar-refractivity contribution >= 4 is 0 Å². The molecule has 0 radical (unpaired) electrons. The van der Waals surface area contributed by atoms with Gasteiger partial charge in [-0.1, -0.05) is 12.1 Å². The summed E-state index contributed by atoms with van der Waals surface area (Å²) in [5.41, 5.74) is 7.42. The lowest BCUT2D eigenvalue weighted by Gasteiger charge is -2.39. The van der Waals surface area contributed by atoms with Crippen molar-refractivity contribution in [1.82, 2.24) is 4.90 Å². The van der Waals surface area contributed by atoms with Gasteiger partial charge in [-0.05, 0) is 31.5 Å². The zero-order chi connectivity index (χ0) is 13.8. The van der Waals surface area contributed by atoms with Crippen molar-refractivity contribution in [1.29, 1.82) is 0 Å². The maximum atomic E-state index is 6.21. The topological polar surface area (TPSA) is 47.7 Å². The molecule has 1 aliphatic heterocycles. The number of benzene rings is 1. The quantitative estimate of drug-likeness (QED) is 0.901. The Hall–Kier alpha value is -1.10. The minimum absolute atomic E-state index is 0.0670. The van der Waals surface area contributed by atoms with Gasteiger partial charge in [0.15, 0.2) is 0 Å². The highest BCUT2D eigenvalue weighted by Crippen LogP contribution is 2.28. The zero-order valence-electron chi connectivity index (χ0n) is 12.0. The molecule has 19 heavy (non-hydrogen) atoms. The van der Waals surface area contributed by atoms with Crippen molar-refractivity contribution in [3.63, 3.8) is 0 Å². The molecule has 1 aromatic carbocycles.